The van der Waals surface area contributed by atoms with Gasteiger partial charge in [0.05, 0.1) is 6.54 Å². The van der Waals surface area contributed by atoms with Crippen LogP contribution in [0.15, 0.2) is 0 Å². The fourth-order valence-corrected chi connectivity index (χ4v) is 3.91. The number of hydrogen-bond donors (Lipinski definition) is 2. The van der Waals surface area contributed by atoms with Gasteiger partial charge in [0, 0.05) is 25.2 Å². The number of aliphatic carboxylic acids is 1. The van der Waals surface area contributed by atoms with Gasteiger partial charge in [0.25, 0.3) is 0 Å². The summed E-state index contributed by atoms with van der Waals surface area (Å²) in [5.41, 5.74) is 0.457. The Kier molecular flexibility index (Phi) is 4.30. The summed E-state index contributed by atoms with van der Waals surface area (Å²) < 4.78 is 0. The number of urea groups is 1. The first kappa shape index (κ1) is 15.6. The van der Waals surface area contributed by atoms with Crippen molar-refractivity contribution in [1.82, 2.24) is 15.1 Å². The zero-order valence-corrected chi connectivity index (χ0v) is 13.4. The van der Waals surface area contributed by atoms with Crippen molar-refractivity contribution in [1.29, 1.82) is 0 Å². The topological polar surface area (TPSA) is 72.9 Å². The van der Waals surface area contributed by atoms with Crippen molar-refractivity contribution in [2.24, 2.45) is 5.41 Å². The summed E-state index contributed by atoms with van der Waals surface area (Å²) in [6.07, 6.45) is 6.70. The average molecular weight is 309 g/mol. The smallest absolute Gasteiger partial charge is 0.317 e. The lowest BCUT2D eigenvalue weighted by molar-refractivity contribution is -0.139. The first-order valence-corrected chi connectivity index (χ1v) is 8.53. The van der Waals surface area contributed by atoms with Gasteiger partial charge in [0.15, 0.2) is 0 Å². The van der Waals surface area contributed by atoms with E-state index in [0.717, 1.165) is 38.9 Å². The molecule has 0 aromatic rings. The Balaban J connectivity index is 1.41. The number of rotatable bonds is 5. The molecule has 0 unspecified atom stereocenters. The fraction of sp³-hybridized carbons (Fsp3) is 0.875. The number of carboxylic acids is 1. The van der Waals surface area contributed by atoms with Crippen LogP contribution in [0.3, 0.4) is 0 Å². The quantitative estimate of drug-likeness (QED) is 0.807. The van der Waals surface area contributed by atoms with Gasteiger partial charge >= 0.3 is 12.0 Å². The zero-order valence-electron chi connectivity index (χ0n) is 13.4. The van der Waals surface area contributed by atoms with Crippen molar-refractivity contribution >= 4 is 12.0 Å². The van der Waals surface area contributed by atoms with E-state index in [2.05, 4.69) is 5.32 Å². The molecule has 1 saturated heterocycles. The highest BCUT2D eigenvalue weighted by Gasteiger charge is 2.46. The normalized spacial score (nSPS) is 29.3. The van der Waals surface area contributed by atoms with E-state index in [0.29, 0.717) is 11.5 Å². The molecule has 22 heavy (non-hydrogen) atoms. The molecule has 2 amide bonds. The first-order chi connectivity index (χ1) is 10.5. The summed E-state index contributed by atoms with van der Waals surface area (Å²) in [5.74, 6) is -0.780. The predicted molar refractivity (Wildman–Crippen MR) is 82.7 cm³/mol. The summed E-state index contributed by atoms with van der Waals surface area (Å²) in [7, 11) is 0. The van der Waals surface area contributed by atoms with Crippen molar-refractivity contribution in [2.75, 3.05) is 26.2 Å². The van der Waals surface area contributed by atoms with E-state index in [1.165, 1.54) is 19.3 Å². The highest BCUT2D eigenvalue weighted by Crippen LogP contribution is 2.52. The van der Waals surface area contributed by atoms with Crippen molar-refractivity contribution in [3.05, 3.63) is 0 Å². The minimum Gasteiger partial charge on any atom is -0.480 e. The number of likely N-dealkylation sites (N-methyl/N-ethyl adjacent to an activating group) is 1. The highest BCUT2D eigenvalue weighted by atomic mass is 16.4. The van der Waals surface area contributed by atoms with Crippen LogP contribution in [0, 0.1) is 5.41 Å². The lowest BCUT2D eigenvalue weighted by atomic mass is 9.85. The molecule has 1 spiro atoms. The summed E-state index contributed by atoms with van der Waals surface area (Å²) in [5, 5.41) is 12.0. The maximum atomic E-state index is 12.3. The van der Waals surface area contributed by atoms with Crippen LogP contribution in [0.5, 0.6) is 0 Å². The Bertz CT molecular complexity index is 444. The minimum absolute atomic E-state index is 0.0794. The molecule has 1 aliphatic heterocycles. The van der Waals surface area contributed by atoms with E-state index in [4.69, 9.17) is 5.11 Å². The third-order valence-corrected chi connectivity index (χ3v) is 5.61. The number of piperidine rings is 1. The third kappa shape index (κ3) is 3.37. The second-order valence-corrected chi connectivity index (χ2v) is 7.25. The molecule has 3 fully saturated rings. The molecule has 6 nitrogen and oxygen atoms in total. The van der Waals surface area contributed by atoms with E-state index < -0.39 is 5.97 Å². The van der Waals surface area contributed by atoms with Crippen molar-refractivity contribution in [2.45, 2.75) is 57.5 Å². The molecular weight excluding hydrogens is 282 g/mol. The van der Waals surface area contributed by atoms with Gasteiger partial charge in [0.1, 0.15) is 0 Å². The fourth-order valence-electron chi connectivity index (χ4n) is 3.91. The van der Waals surface area contributed by atoms with Gasteiger partial charge in [-0.15, -0.1) is 0 Å². The van der Waals surface area contributed by atoms with Gasteiger partial charge in [-0.3, -0.25) is 9.69 Å². The van der Waals surface area contributed by atoms with E-state index in [-0.39, 0.29) is 18.6 Å². The molecule has 3 rings (SSSR count). The van der Waals surface area contributed by atoms with E-state index in [1.54, 1.807) is 0 Å². The van der Waals surface area contributed by atoms with Crippen LogP contribution in [-0.2, 0) is 4.79 Å². The van der Waals surface area contributed by atoms with Crippen molar-refractivity contribution in [3.8, 4) is 0 Å². The van der Waals surface area contributed by atoms with Crippen LogP contribution in [0.4, 0.5) is 4.79 Å². The van der Waals surface area contributed by atoms with Crippen LogP contribution >= 0.6 is 0 Å². The van der Waals surface area contributed by atoms with E-state index in [1.807, 2.05) is 16.7 Å². The van der Waals surface area contributed by atoms with E-state index >= 15 is 0 Å². The summed E-state index contributed by atoms with van der Waals surface area (Å²) in [4.78, 5) is 27.1. The summed E-state index contributed by atoms with van der Waals surface area (Å²) in [6, 6.07) is 0.579. The second kappa shape index (κ2) is 6.07. The largest absolute Gasteiger partial charge is 0.480 e. The van der Waals surface area contributed by atoms with Gasteiger partial charge < -0.3 is 15.3 Å². The molecule has 3 aliphatic rings. The number of likely N-dealkylation sites (tertiary alicyclic amines) is 1. The molecule has 0 aromatic heterocycles. The Labute approximate surface area is 131 Å². The van der Waals surface area contributed by atoms with E-state index in [9.17, 15) is 9.59 Å². The Morgan fingerprint density at radius 3 is 2.64 bits per heavy atom. The van der Waals surface area contributed by atoms with Crippen LogP contribution in [-0.4, -0.2) is 65.2 Å². The predicted octanol–water partition coefficient (Wildman–Crippen LogP) is 1.51. The zero-order chi connectivity index (χ0) is 15.7. The number of hydrogen-bond acceptors (Lipinski definition) is 3. The molecule has 2 aliphatic carbocycles. The molecule has 0 atom stereocenters. The molecule has 1 heterocycles. The number of carboxylic acid groups (broad SMARTS) is 1. The molecule has 2 N–H and O–H groups in total. The molecule has 0 bridgehead atoms. The van der Waals surface area contributed by atoms with Gasteiger partial charge in [-0.25, -0.2) is 4.79 Å². The second-order valence-electron chi connectivity index (χ2n) is 7.25. The van der Waals surface area contributed by atoms with Crippen molar-refractivity contribution < 1.29 is 14.7 Å². The molecule has 124 valence electrons. The average Bonchev–Trinajstić information content (AvgIpc) is 3.18. The Hall–Kier alpha value is -1.30. The number of amides is 2. The highest BCUT2D eigenvalue weighted by molar-refractivity contribution is 5.75. The lowest BCUT2D eigenvalue weighted by Crippen LogP contribution is -2.57. The molecule has 6 heteroatoms. The molecule has 2 saturated carbocycles. The van der Waals surface area contributed by atoms with Crippen LogP contribution in [0.1, 0.15) is 45.4 Å². The SMILES string of the molecule is CCN(CC(=O)O)C1CC(NC(=O)N2CCCC3(CC3)C2)C1. The maximum Gasteiger partial charge on any atom is 0.317 e. The number of carbonyl (C=O) groups excluding carboxylic acids is 1. The standard InChI is InChI=1S/C16H27N3O3/c1-2-18(10-14(20)21)13-8-12(9-13)17-15(22)19-7-3-4-16(11-19)5-6-16/h12-13H,2-11H2,1H3,(H,17,22)(H,20,21). The molecular formula is C16H27N3O3. The van der Waals surface area contributed by atoms with Gasteiger partial charge in [0.2, 0.25) is 0 Å². The maximum absolute atomic E-state index is 12.3. The van der Waals surface area contributed by atoms with Crippen LogP contribution < -0.4 is 5.32 Å². The Morgan fingerprint density at radius 2 is 2.05 bits per heavy atom. The minimum atomic E-state index is -0.780. The summed E-state index contributed by atoms with van der Waals surface area (Å²) in [6.45, 7) is 4.62. The first-order valence-electron chi connectivity index (χ1n) is 8.53. The number of nitrogens with one attached hydrogen (secondary N) is 1. The van der Waals surface area contributed by atoms with Gasteiger partial charge in [-0.05, 0) is 50.5 Å². The van der Waals surface area contributed by atoms with Gasteiger partial charge in [-0.2, -0.15) is 0 Å². The molecule has 0 aromatic carbocycles. The monoisotopic (exact) mass is 309 g/mol. The van der Waals surface area contributed by atoms with Crippen LogP contribution in [0.2, 0.25) is 0 Å². The molecule has 0 radical (unpaired) electrons. The number of nitrogens with zero attached hydrogens (tertiary/aromatic N) is 2. The Morgan fingerprint density at radius 1 is 1.32 bits per heavy atom. The lowest BCUT2D eigenvalue weighted by Gasteiger charge is -2.43. The van der Waals surface area contributed by atoms with Gasteiger partial charge in [-0.1, -0.05) is 6.92 Å². The summed E-state index contributed by atoms with van der Waals surface area (Å²) >= 11 is 0. The van der Waals surface area contributed by atoms with Crippen molar-refractivity contribution in [3.63, 3.8) is 0 Å². The number of carbonyl (C=O) groups is 2. The third-order valence-electron chi connectivity index (χ3n) is 5.61. The van der Waals surface area contributed by atoms with Crippen LogP contribution in [0.25, 0.3) is 0 Å².